The molecule has 0 saturated heterocycles. The molecule has 1 aromatic heterocycles. The monoisotopic (exact) mass is 218 g/mol. The van der Waals surface area contributed by atoms with E-state index < -0.39 is 0 Å². The summed E-state index contributed by atoms with van der Waals surface area (Å²) in [4.78, 5) is 11.6. The summed E-state index contributed by atoms with van der Waals surface area (Å²) in [5.74, 6) is -0.292. The van der Waals surface area contributed by atoms with Crippen molar-refractivity contribution in [1.29, 1.82) is 0 Å². The van der Waals surface area contributed by atoms with Gasteiger partial charge in [0, 0.05) is 5.39 Å². The third-order valence-electron chi connectivity index (χ3n) is 2.23. The van der Waals surface area contributed by atoms with E-state index in [4.69, 9.17) is 4.42 Å². The Balaban J connectivity index is 2.39. The molecule has 2 nitrogen and oxygen atoms in total. The molecule has 3 heteroatoms. The van der Waals surface area contributed by atoms with Crippen molar-refractivity contribution in [2.24, 2.45) is 0 Å². The summed E-state index contributed by atoms with van der Waals surface area (Å²) in [6, 6.07) is 5.73. The van der Waals surface area contributed by atoms with E-state index in [1.807, 2.05) is 6.92 Å². The Morgan fingerprint density at radius 1 is 1.44 bits per heavy atom. The Labute approximate surface area is 92.4 Å². The Morgan fingerprint density at radius 3 is 3.00 bits per heavy atom. The number of furan rings is 1. The smallest absolute Gasteiger partial charge is 0.220 e. The second-order valence-corrected chi connectivity index (χ2v) is 3.47. The highest BCUT2D eigenvalue weighted by Crippen LogP contribution is 2.20. The van der Waals surface area contributed by atoms with Crippen molar-refractivity contribution in [2.45, 2.75) is 13.3 Å². The summed E-state index contributed by atoms with van der Waals surface area (Å²) >= 11 is 0. The lowest BCUT2D eigenvalue weighted by Crippen LogP contribution is -1.89. The molecule has 0 N–H and O–H groups in total. The van der Waals surface area contributed by atoms with Crippen LogP contribution in [0.25, 0.3) is 11.0 Å². The van der Waals surface area contributed by atoms with Gasteiger partial charge in [-0.05, 0) is 36.8 Å². The average Bonchev–Trinajstić information content (AvgIpc) is 2.68. The number of halogens is 1. The Kier molecular flexibility index (Phi) is 2.86. The van der Waals surface area contributed by atoms with Gasteiger partial charge in [0.1, 0.15) is 11.4 Å². The molecule has 0 amide bonds. The van der Waals surface area contributed by atoms with E-state index in [0.29, 0.717) is 11.0 Å². The molecule has 0 spiro atoms. The number of carbonyl (C=O) groups is 1. The number of rotatable bonds is 3. The van der Waals surface area contributed by atoms with Gasteiger partial charge in [-0.15, -0.1) is 0 Å². The summed E-state index contributed by atoms with van der Waals surface area (Å²) in [5.41, 5.74) is 0.523. The number of benzene rings is 1. The lowest BCUT2D eigenvalue weighted by atomic mass is 10.2. The van der Waals surface area contributed by atoms with Crippen molar-refractivity contribution in [3.63, 3.8) is 0 Å². The maximum absolute atomic E-state index is 12.9. The number of carbonyl (C=O) groups excluding carboxylic acids is 1. The largest absolute Gasteiger partial charge is 0.453 e. The van der Waals surface area contributed by atoms with Gasteiger partial charge in [0.2, 0.25) is 5.78 Å². The second kappa shape index (κ2) is 4.31. The quantitative estimate of drug-likeness (QED) is 0.580. The van der Waals surface area contributed by atoms with Crippen molar-refractivity contribution in [1.82, 2.24) is 0 Å². The van der Waals surface area contributed by atoms with Gasteiger partial charge in [-0.3, -0.25) is 4.79 Å². The normalized spacial score (nSPS) is 11.4. The van der Waals surface area contributed by atoms with Crippen LogP contribution in [-0.4, -0.2) is 5.78 Å². The molecule has 0 fully saturated rings. The van der Waals surface area contributed by atoms with Gasteiger partial charge >= 0.3 is 0 Å². The Morgan fingerprint density at radius 2 is 2.25 bits per heavy atom. The average molecular weight is 218 g/mol. The van der Waals surface area contributed by atoms with Crippen molar-refractivity contribution >= 4 is 16.8 Å². The fraction of sp³-hybridized carbons (Fsp3) is 0.154. The third-order valence-corrected chi connectivity index (χ3v) is 2.23. The molecule has 82 valence electrons. The molecule has 2 aromatic rings. The molecule has 0 aliphatic rings. The van der Waals surface area contributed by atoms with Crippen LogP contribution >= 0.6 is 0 Å². The zero-order valence-electron chi connectivity index (χ0n) is 8.87. The molecule has 0 radical (unpaired) electrons. The molecule has 1 heterocycles. The molecular formula is C13H11FO2. The van der Waals surface area contributed by atoms with E-state index in [9.17, 15) is 9.18 Å². The number of hydrogen-bond donors (Lipinski definition) is 0. The lowest BCUT2D eigenvalue weighted by Gasteiger charge is -1.87. The molecule has 0 bridgehead atoms. The predicted octanol–water partition coefficient (Wildman–Crippen LogP) is 3.72. The Hall–Kier alpha value is -1.90. The van der Waals surface area contributed by atoms with Crippen LogP contribution < -0.4 is 0 Å². The highest BCUT2D eigenvalue weighted by atomic mass is 19.1. The van der Waals surface area contributed by atoms with E-state index in [1.165, 1.54) is 24.3 Å². The van der Waals surface area contributed by atoms with Gasteiger partial charge in [0.15, 0.2) is 5.76 Å². The highest BCUT2D eigenvalue weighted by Gasteiger charge is 2.09. The van der Waals surface area contributed by atoms with Crippen molar-refractivity contribution < 1.29 is 13.6 Å². The molecule has 0 atom stereocenters. The molecular weight excluding hydrogens is 207 g/mol. The van der Waals surface area contributed by atoms with E-state index in [-0.39, 0.29) is 17.4 Å². The zero-order valence-corrected chi connectivity index (χ0v) is 8.87. The van der Waals surface area contributed by atoms with E-state index >= 15 is 0 Å². The van der Waals surface area contributed by atoms with Gasteiger partial charge < -0.3 is 4.42 Å². The fourth-order valence-electron chi connectivity index (χ4n) is 1.44. The maximum Gasteiger partial charge on any atom is 0.220 e. The first-order chi connectivity index (χ1) is 7.70. The summed E-state index contributed by atoms with van der Waals surface area (Å²) in [6.07, 6.45) is 4.02. The maximum atomic E-state index is 12.9. The van der Waals surface area contributed by atoms with Gasteiger partial charge in [-0.1, -0.05) is 13.0 Å². The van der Waals surface area contributed by atoms with Crippen LogP contribution in [0, 0.1) is 5.82 Å². The van der Waals surface area contributed by atoms with Crippen LogP contribution in [0.4, 0.5) is 4.39 Å². The van der Waals surface area contributed by atoms with Crippen molar-refractivity contribution in [2.75, 3.05) is 0 Å². The topological polar surface area (TPSA) is 30.2 Å². The first-order valence-corrected chi connectivity index (χ1v) is 5.10. The van der Waals surface area contributed by atoms with E-state index in [1.54, 1.807) is 12.1 Å². The first kappa shape index (κ1) is 10.6. The number of ketones is 1. The van der Waals surface area contributed by atoms with Gasteiger partial charge in [0.25, 0.3) is 0 Å². The van der Waals surface area contributed by atoms with Crippen molar-refractivity contribution in [3.05, 3.63) is 48.0 Å². The third kappa shape index (κ3) is 2.03. The molecule has 0 aliphatic heterocycles. The summed E-state index contributed by atoms with van der Waals surface area (Å²) in [7, 11) is 0. The highest BCUT2D eigenvalue weighted by molar-refractivity contribution is 6.04. The van der Waals surface area contributed by atoms with Crippen LogP contribution in [0.1, 0.15) is 23.9 Å². The molecule has 1 aromatic carbocycles. The number of fused-ring (bicyclic) bond motifs is 1. The van der Waals surface area contributed by atoms with Crippen LogP contribution in [0.15, 0.2) is 40.8 Å². The van der Waals surface area contributed by atoms with Gasteiger partial charge in [-0.25, -0.2) is 4.39 Å². The summed E-state index contributed by atoms with van der Waals surface area (Å²) in [5, 5.41) is 0.605. The number of allylic oxidation sites excluding steroid dienone is 2. The molecule has 2 rings (SSSR count). The summed E-state index contributed by atoms with van der Waals surface area (Å²) in [6.45, 7) is 1.94. The summed E-state index contributed by atoms with van der Waals surface area (Å²) < 4.78 is 18.2. The standard InChI is InChI=1S/C13H11FO2/c1-2-3-4-11(15)13-8-9-7-10(14)5-6-12(9)16-13/h3-8H,2H2,1H3/b4-3+. The lowest BCUT2D eigenvalue weighted by molar-refractivity contribution is 0.102. The molecule has 16 heavy (non-hydrogen) atoms. The van der Waals surface area contributed by atoms with Gasteiger partial charge in [-0.2, -0.15) is 0 Å². The fourth-order valence-corrected chi connectivity index (χ4v) is 1.44. The van der Waals surface area contributed by atoms with E-state index in [0.717, 1.165) is 6.42 Å². The minimum Gasteiger partial charge on any atom is -0.453 e. The second-order valence-electron chi connectivity index (χ2n) is 3.47. The predicted molar refractivity (Wildman–Crippen MR) is 59.9 cm³/mol. The van der Waals surface area contributed by atoms with Gasteiger partial charge in [0.05, 0.1) is 0 Å². The Bertz CT molecular complexity index is 552. The van der Waals surface area contributed by atoms with Crippen LogP contribution in [0.5, 0.6) is 0 Å². The van der Waals surface area contributed by atoms with Crippen LogP contribution in [-0.2, 0) is 0 Å². The SMILES string of the molecule is CC/C=C/C(=O)c1cc2cc(F)ccc2o1. The minimum absolute atomic E-state index is 0.196. The zero-order chi connectivity index (χ0) is 11.5. The van der Waals surface area contributed by atoms with Crippen LogP contribution in [0.3, 0.4) is 0 Å². The molecule has 0 unspecified atom stereocenters. The molecule has 0 aliphatic carbocycles. The molecule has 0 saturated carbocycles. The van der Waals surface area contributed by atoms with Crippen molar-refractivity contribution in [3.8, 4) is 0 Å². The van der Waals surface area contributed by atoms with E-state index in [2.05, 4.69) is 0 Å². The minimum atomic E-state index is -0.337. The number of hydrogen-bond acceptors (Lipinski definition) is 2. The first-order valence-electron chi connectivity index (χ1n) is 5.10. The van der Waals surface area contributed by atoms with Crippen LogP contribution in [0.2, 0.25) is 0 Å².